The molecule has 1 aliphatic rings. The monoisotopic (exact) mass is 474 g/mol. The number of para-hydroxylation sites is 1. The molecule has 1 aromatic carbocycles. The molecule has 0 unspecified atom stereocenters. The predicted molar refractivity (Wildman–Crippen MR) is 119 cm³/mol. The third-order valence-corrected chi connectivity index (χ3v) is 5.25. The summed E-state index contributed by atoms with van der Waals surface area (Å²) >= 11 is 0. The maximum Gasteiger partial charge on any atom is 0.306 e. The first kappa shape index (κ1) is 24.9. The van der Waals surface area contributed by atoms with Crippen molar-refractivity contribution < 1.29 is 38.9 Å². The van der Waals surface area contributed by atoms with Gasteiger partial charge < -0.3 is 35.1 Å². The number of carbonyl (C=O) groups is 5. The molecule has 0 bridgehead atoms. The van der Waals surface area contributed by atoms with E-state index in [0.717, 1.165) is 0 Å². The van der Waals surface area contributed by atoms with Crippen molar-refractivity contribution in [3.8, 4) is 0 Å². The fourth-order valence-electron chi connectivity index (χ4n) is 3.64. The molecular formula is C22H26N4O8. The molecule has 4 N–H and O–H groups in total. The van der Waals surface area contributed by atoms with Crippen LogP contribution in [0.25, 0.3) is 10.9 Å². The number of hydrogen-bond donors (Lipinski definition) is 4. The summed E-state index contributed by atoms with van der Waals surface area (Å²) in [6.07, 6.45) is -0.0844. The molecular weight excluding hydrogens is 448 g/mol. The van der Waals surface area contributed by atoms with Crippen molar-refractivity contribution >= 4 is 46.6 Å². The second kappa shape index (κ2) is 10.0. The number of nitrogens with zero attached hydrogens (tertiary/aromatic N) is 2. The van der Waals surface area contributed by atoms with Gasteiger partial charge in [-0.2, -0.15) is 0 Å². The van der Waals surface area contributed by atoms with E-state index in [0.29, 0.717) is 30.4 Å². The molecule has 2 heterocycles. The molecule has 0 radical (unpaired) electrons. The Kier molecular flexibility index (Phi) is 7.32. The Bertz CT molecular complexity index is 1110. The smallest absolute Gasteiger partial charge is 0.306 e. The zero-order valence-electron chi connectivity index (χ0n) is 18.7. The van der Waals surface area contributed by atoms with Crippen LogP contribution in [0.2, 0.25) is 0 Å². The van der Waals surface area contributed by atoms with E-state index in [1.165, 1.54) is 35.9 Å². The minimum Gasteiger partial charge on any atom is -0.481 e. The summed E-state index contributed by atoms with van der Waals surface area (Å²) in [4.78, 5) is 66.1. The van der Waals surface area contributed by atoms with Crippen LogP contribution in [0.3, 0.4) is 0 Å². The quantitative estimate of drug-likeness (QED) is 0.173. The minimum atomic E-state index is -1.74. The lowest BCUT2D eigenvalue weighted by molar-refractivity contribution is -0.207. The number of rotatable bonds is 9. The van der Waals surface area contributed by atoms with Crippen molar-refractivity contribution in [3.63, 3.8) is 0 Å². The summed E-state index contributed by atoms with van der Waals surface area (Å²) in [7, 11) is 0. The van der Waals surface area contributed by atoms with Gasteiger partial charge >= 0.3 is 5.97 Å². The van der Waals surface area contributed by atoms with Crippen LogP contribution in [0.5, 0.6) is 0 Å². The van der Waals surface area contributed by atoms with Crippen molar-refractivity contribution in [2.24, 2.45) is 0 Å². The third-order valence-electron chi connectivity index (χ3n) is 5.25. The highest BCUT2D eigenvalue weighted by Gasteiger charge is 2.31. The van der Waals surface area contributed by atoms with Crippen LogP contribution >= 0.6 is 0 Å². The molecule has 12 heteroatoms. The van der Waals surface area contributed by atoms with Gasteiger partial charge in [0.2, 0.25) is 6.41 Å². The molecule has 34 heavy (non-hydrogen) atoms. The van der Waals surface area contributed by atoms with E-state index in [1.807, 2.05) is 0 Å². The Hall–Kier alpha value is -3.77. The number of benzene rings is 1. The summed E-state index contributed by atoms with van der Waals surface area (Å²) in [6.45, 7) is 3.73. The molecule has 2 aromatic rings. The standard InChI is InChI=1S/C22H26N4O8/c1-22(2,33)34-16(10-17(28)29)20(31)24-15-5-3-4-13-14(11-23-18(13)15)19(30)21(32)26-8-6-25(12-27)7-9-26/h3-5,11-12,16,23,33H,6-10H2,1-2H3,(H,24,31)(H,28,29)/t16-/m1/s1. The molecule has 1 atom stereocenters. The van der Waals surface area contributed by atoms with Crippen molar-refractivity contribution in [1.82, 2.24) is 14.8 Å². The first-order valence-electron chi connectivity index (χ1n) is 10.6. The summed E-state index contributed by atoms with van der Waals surface area (Å²) in [5.74, 6) is -5.26. The minimum absolute atomic E-state index is 0.115. The number of aliphatic hydroxyl groups is 1. The summed E-state index contributed by atoms with van der Waals surface area (Å²) in [6, 6.07) is 4.71. The Morgan fingerprint density at radius 3 is 2.47 bits per heavy atom. The Balaban J connectivity index is 1.80. The van der Waals surface area contributed by atoms with Crippen LogP contribution in [0.1, 0.15) is 30.6 Å². The lowest BCUT2D eigenvalue weighted by Gasteiger charge is -2.32. The number of H-pyrrole nitrogens is 1. The summed E-state index contributed by atoms with van der Waals surface area (Å²) < 4.78 is 5.18. The number of carboxylic acids is 1. The molecule has 0 spiro atoms. The average molecular weight is 474 g/mol. The average Bonchev–Trinajstić information content (AvgIpc) is 3.21. The van der Waals surface area contributed by atoms with E-state index in [9.17, 15) is 29.1 Å². The topological polar surface area (TPSA) is 169 Å². The summed E-state index contributed by atoms with van der Waals surface area (Å²) in [5, 5.41) is 21.9. The van der Waals surface area contributed by atoms with Gasteiger partial charge in [-0.05, 0) is 19.9 Å². The fourth-order valence-corrected chi connectivity index (χ4v) is 3.64. The second-order valence-corrected chi connectivity index (χ2v) is 8.33. The molecule has 182 valence electrons. The fraction of sp³-hybridized carbons (Fsp3) is 0.409. The van der Waals surface area contributed by atoms with Gasteiger partial charge in [-0.15, -0.1) is 0 Å². The van der Waals surface area contributed by atoms with Crippen molar-refractivity contribution in [2.75, 3.05) is 31.5 Å². The first-order valence-corrected chi connectivity index (χ1v) is 10.6. The van der Waals surface area contributed by atoms with Gasteiger partial charge in [0.25, 0.3) is 17.6 Å². The number of aromatic amines is 1. The summed E-state index contributed by atoms with van der Waals surface area (Å²) in [5.41, 5.74) is 0.710. The molecule has 3 rings (SSSR count). The van der Waals surface area contributed by atoms with Gasteiger partial charge in [-0.1, -0.05) is 12.1 Å². The highest BCUT2D eigenvalue weighted by Crippen LogP contribution is 2.27. The molecule has 12 nitrogen and oxygen atoms in total. The number of aliphatic carboxylic acids is 1. The predicted octanol–water partition coefficient (Wildman–Crippen LogP) is 0.178. The van der Waals surface area contributed by atoms with Gasteiger partial charge in [0, 0.05) is 37.8 Å². The lowest BCUT2D eigenvalue weighted by atomic mass is 10.1. The van der Waals surface area contributed by atoms with Gasteiger partial charge in [0.05, 0.1) is 23.2 Å². The number of carboxylic acid groups (broad SMARTS) is 1. The Labute approximate surface area is 194 Å². The van der Waals surface area contributed by atoms with E-state index in [4.69, 9.17) is 9.84 Å². The molecule has 1 saturated heterocycles. The number of carbonyl (C=O) groups excluding carboxylic acids is 4. The van der Waals surface area contributed by atoms with E-state index >= 15 is 0 Å². The Morgan fingerprint density at radius 1 is 1.21 bits per heavy atom. The zero-order chi connectivity index (χ0) is 25.0. The number of piperazine rings is 1. The number of aromatic nitrogens is 1. The SMILES string of the molecule is CC(C)(O)O[C@H](CC(=O)O)C(=O)Nc1cccc2c(C(=O)C(=O)N3CCN(C=O)CC3)c[nH]c12. The van der Waals surface area contributed by atoms with Gasteiger partial charge in [0.15, 0.2) is 5.79 Å². The van der Waals surface area contributed by atoms with Crippen molar-refractivity contribution in [3.05, 3.63) is 30.0 Å². The molecule has 1 fully saturated rings. The second-order valence-electron chi connectivity index (χ2n) is 8.33. The number of fused-ring (bicyclic) bond motifs is 1. The Morgan fingerprint density at radius 2 is 1.88 bits per heavy atom. The number of anilines is 1. The number of nitrogens with one attached hydrogen (secondary N) is 2. The van der Waals surface area contributed by atoms with Crippen LogP contribution in [-0.4, -0.2) is 93.0 Å². The van der Waals surface area contributed by atoms with Gasteiger partial charge in [0.1, 0.15) is 6.10 Å². The highest BCUT2D eigenvalue weighted by molar-refractivity contribution is 6.45. The molecule has 3 amide bonds. The molecule has 0 aliphatic carbocycles. The van der Waals surface area contributed by atoms with Crippen LogP contribution in [-0.2, 0) is 23.9 Å². The number of ketones is 1. The first-order chi connectivity index (χ1) is 16.0. The van der Waals surface area contributed by atoms with Gasteiger partial charge in [-0.3, -0.25) is 24.0 Å². The van der Waals surface area contributed by atoms with Crippen LogP contribution in [0.15, 0.2) is 24.4 Å². The van der Waals surface area contributed by atoms with Crippen LogP contribution < -0.4 is 5.32 Å². The number of amides is 3. The van der Waals surface area contributed by atoms with E-state index in [2.05, 4.69) is 10.3 Å². The normalized spacial score (nSPS) is 15.1. The van der Waals surface area contributed by atoms with E-state index in [-0.39, 0.29) is 24.3 Å². The van der Waals surface area contributed by atoms with E-state index < -0.39 is 41.9 Å². The maximum atomic E-state index is 12.9. The van der Waals surface area contributed by atoms with Crippen molar-refractivity contribution in [1.29, 1.82) is 0 Å². The molecule has 1 aromatic heterocycles. The highest BCUT2D eigenvalue weighted by atomic mass is 16.6. The number of Topliss-reactive ketones (excluding diaryl/α,β-unsaturated/α-hetero) is 1. The number of hydrogen-bond acceptors (Lipinski definition) is 7. The molecule has 1 aliphatic heterocycles. The van der Waals surface area contributed by atoms with Crippen LogP contribution in [0.4, 0.5) is 5.69 Å². The van der Waals surface area contributed by atoms with Gasteiger partial charge in [-0.25, -0.2) is 0 Å². The lowest BCUT2D eigenvalue weighted by Crippen LogP contribution is -2.50. The zero-order valence-corrected chi connectivity index (χ0v) is 18.7. The third kappa shape index (κ3) is 5.77. The molecule has 0 saturated carbocycles. The van der Waals surface area contributed by atoms with Crippen molar-refractivity contribution in [2.45, 2.75) is 32.2 Å². The largest absolute Gasteiger partial charge is 0.481 e. The van der Waals surface area contributed by atoms with E-state index in [1.54, 1.807) is 12.1 Å². The maximum absolute atomic E-state index is 12.9. The van der Waals surface area contributed by atoms with Crippen LogP contribution in [0, 0.1) is 0 Å². The number of ether oxygens (including phenoxy) is 1.